The lowest BCUT2D eigenvalue weighted by molar-refractivity contribution is 0.0467. The molecule has 0 atom stereocenters. The van der Waals surface area contributed by atoms with Gasteiger partial charge in [-0.1, -0.05) is 67.9 Å². The monoisotopic (exact) mass is 351 g/mol. The maximum absolute atomic E-state index is 12.2. The number of rotatable bonds is 5. The van der Waals surface area contributed by atoms with Gasteiger partial charge < -0.3 is 4.74 Å². The van der Waals surface area contributed by atoms with Gasteiger partial charge >= 0.3 is 5.97 Å². The molecule has 1 aromatic heterocycles. The van der Waals surface area contributed by atoms with E-state index in [-0.39, 0.29) is 12.6 Å². The van der Waals surface area contributed by atoms with Crippen LogP contribution in [0.15, 0.2) is 53.9 Å². The molecule has 0 N–H and O–H groups in total. The quantitative estimate of drug-likeness (QED) is 0.562. The van der Waals surface area contributed by atoms with Crippen LogP contribution in [-0.2, 0) is 11.3 Å². The van der Waals surface area contributed by atoms with Crippen LogP contribution in [0.1, 0.15) is 46.9 Å². The van der Waals surface area contributed by atoms with Crippen molar-refractivity contribution >= 4 is 17.3 Å². The average Bonchev–Trinajstić information content (AvgIpc) is 3.11. The Hall–Kier alpha value is -2.46. The molecule has 0 saturated heterocycles. The van der Waals surface area contributed by atoms with Crippen molar-refractivity contribution in [2.75, 3.05) is 0 Å². The second-order valence-electron chi connectivity index (χ2n) is 6.38. The van der Waals surface area contributed by atoms with Gasteiger partial charge in [0.25, 0.3) is 0 Å². The predicted molar refractivity (Wildman–Crippen MR) is 102 cm³/mol. The molecule has 128 valence electrons. The van der Waals surface area contributed by atoms with Gasteiger partial charge in [0.15, 0.2) is 5.69 Å². The average molecular weight is 351 g/mol. The van der Waals surface area contributed by atoms with Crippen LogP contribution in [0.2, 0.25) is 0 Å². The van der Waals surface area contributed by atoms with E-state index >= 15 is 0 Å². The van der Waals surface area contributed by atoms with E-state index in [0.717, 1.165) is 16.1 Å². The van der Waals surface area contributed by atoms with Gasteiger partial charge in [0.1, 0.15) is 11.6 Å². The number of benzene rings is 2. The Bertz CT molecular complexity index is 848. The normalized spacial score (nSPS) is 10.9. The van der Waals surface area contributed by atoms with E-state index < -0.39 is 0 Å². The summed E-state index contributed by atoms with van der Waals surface area (Å²) >= 11 is 1.45. The van der Waals surface area contributed by atoms with Gasteiger partial charge in [-0.25, -0.2) is 9.78 Å². The number of esters is 1. The third-order valence-electron chi connectivity index (χ3n) is 4.03. The van der Waals surface area contributed by atoms with E-state index in [4.69, 9.17) is 4.74 Å². The Balaban J connectivity index is 1.63. The minimum atomic E-state index is -0.387. The van der Waals surface area contributed by atoms with Gasteiger partial charge in [-0.3, -0.25) is 0 Å². The molecule has 0 fully saturated rings. The number of carbonyl (C=O) groups is 1. The Morgan fingerprint density at radius 1 is 1.08 bits per heavy atom. The predicted octanol–water partition coefficient (Wildman–Crippen LogP) is 5.60. The van der Waals surface area contributed by atoms with E-state index in [1.807, 2.05) is 43.3 Å². The second kappa shape index (κ2) is 7.62. The third kappa shape index (κ3) is 4.34. The van der Waals surface area contributed by atoms with Crippen molar-refractivity contribution in [1.29, 1.82) is 0 Å². The van der Waals surface area contributed by atoms with Crippen LogP contribution in [0.4, 0.5) is 0 Å². The molecule has 3 rings (SSSR count). The first-order chi connectivity index (χ1) is 12.0. The zero-order chi connectivity index (χ0) is 17.8. The smallest absolute Gasteiger partial charge is 0.358 e. The SMILES string of the molecule is Cc1ccc(-c2nc(C(=O)OCc3ccc(C(C)C)cc3)cs2)cc1. The van der Waals surface area contributed by atoms with E-state index in [1.165, 1.54) is 22.5 Å². The van der Waals surface area contributed by atoms with Crippen molar-refractivity contribution in [2.24, 2.45) is 0 Å². The summed E-state index contributed by atoms with van der Waals surface area (Å²) in [5.41, 5.74) is 4.82. The molecular formula is C21H21NO2S. The van der Waals surface area contributed by atoms with Crippen molar-refractivity contribution in [3.63, 3.8) is 0 Å². The molecule has 0 radical (unpaired) electrons. The lowest BCUT2D eigenvalue weighted by Crippen LogP contribution is -2.05. The topological polar surface area (TPSA) is 39.2 Å². The third-order valence-corrected chi connectivity index (χ3v) is 4.92. The van der Waals surface area contributed by atoms with Crippen molar-refractivity contribution < 1.29 is 9.53 Å². The van der Waals surface area contributed by atoms with Gasteiger partial charge in [-0.05, 0) is 24.0 Å². The zero-order valence-corrected chi connectivity index (χ0v) is 15.5. The Labute approximate surface area is 152 Å². The first-order valence-electron chi connectivity index (χ1n) is 8.31. The number of aromatic nitrogens is 1. The van der Waals surface area contributed by atoms with Crippen LogP contribution in [-0.4, -0.2) is 11.0 Å². The van der Waals surface area contributed by atoms with Gasteiger partial charge in [0.2, 0.25) is 0 Å². The van der Waals surface area contributed by atoms with Crippen LogP contribution in [0.25, 0.3) is 10.6 Å². The number of ether oxygens (including phenoxy) is 1. The lowest BCUT2D eigenvalue weighted by Gasteiger charge is -2.07. The highest BCUT2D eigenvalue weighted by Gasteiger charge is 2.13. The summed E-state index contributed by atoms with van der Waals surface area (Å²) in [6.45, 7) is 6.61. The fraction of sp³-hybridized carbons (Fsp3) is 0.238. The van der Waals surface area contributed by atoms with Crippen LogP contribution < -0.4 is 0 Å². The molecule has 0 amide bonds. The molecule has 0 unspecified atom stereocenters. The largest absolute Gasteiger partial charge is 0.456 e. The summed E-state index contributed by atoms with van der Waals surface area (Å²) in [6.07, 6.45) is 0. The number of carbonyl (C=O) groups excluding carboxylic acids is 1. The highest BCUT2D eigenvalue weighted by molar-refractivity contribution is 7.13. The number of nitrogens with zero attached hydrogens (tertiary/aromatic N) is 1. The van der Waals surface area contributed by atoms with Gasteiger partial charge in [0.05, 0.1) is 0 Å². The van der Waals surface area contributed by atoms with E-state index in [2.05, 4.69) is 31.0 Å². The summed E-state index contributed by atoms with van der Waals surface area (Å²) in [5.74, 6) is 0.106. The fourth-order valence-corrected chi connectivity index (χ4v) is 3.21. The molecular weight excluding hydrogens is 330 g/mol. The van der Waals surface area contributed by atoms with Gasteiger partial charge in [-0.15, -0.1) is 11.3 Å². The summed E-state index contributed by atoms with van der Waals surface area (Å²) in [4.78, 5) is 16.6. The Morgan fingerprint density at radius 2 is 1.76 bits per heavy atom. The van der Waals surface area contributed by atoms with E-state index in [0.29, 0.717) is 11.6 Å². The summed E-state index contributed by atoms with van der Waals surface area (Å²) in [5, 5.41) is 2.58. The van der Waals surface area contributed by atoms with E-state index in [1.54, 1.807) is 5.38 Å². The second-order valence-corrected chi connectivity index (χ2v) is 7.23. The number of hydrogen-bond acceptors (Lipinski definition) is 4. The van der Waals surface area contributed by atoms with Crippen molar-refractivity contribution in [3.05, 3.63) is 76.3 Å². The highest BCUT2D eigenvalue weighted by Crippen LogP contribution is 2.24. The number of thiazole rings is 1. The van der Waals surface area contributed by atoms with Crippen molar-refractivity contribution in [1.82, 2.24) is 4.98 Å². The van der Waals surface area contributed by atoms with Crippen LogP contribution in [0, 0.1) is 6.92 Å². The van der Waals surface area contributed by atoms with Crippen LogP contribution in [0.5, 0.6) is 0 Å². The molecule has 1 heterocycles. The minimum absolute atomic E-state index is 0.259. The molecule has 3 nitrogen and oxygen atoms in total. The Kier molecular flexibility index (Phi) is 5.29. The first-order valence-corrected chi connectivity index (χ1v) is 9.19. The Morgan fingerprint density at radius 3 is 2.40 bits per heavy atom. The molecule has 25 heavy (non-hydrogen) atoms. The van der Waals surface area contributed by atoms with E-state index in [9.17, 15) is 4.79 Å². The molecule has 0 aliphatic heterocycles. The lowest BCUT2D eigenvalue weighted by atomic mass is 10.0. The van der Waals surface area contributed by atoms with Crippen LogP contribution >= 0.6 is 11.3 Å². The number of hydrogen-bond donors (Lipinski definition) is 0. The van der Waals surface area contributed by atoms with Crippen LogP contribution in [0.3, 0.4) is 0 Å². The molecule has 0 aliphatic rings. The zero-order valence-electron chi connectivity index (χ0n) is 14.7. The standard InChI is InChI=1S/C21H21NO2S/c1-14(2)17-10-6-16(7-11-17)12-24-21(23)19-13-25-20(22-19)18-8-4-15(3)5-9-18/h4-11,13-14H,12H2,1-3H3. The molecule has 2 aromatic carbocycles. The summed E-state index contributed by atoms with van der Waals surface area (Å²) in [6, 6.07) is 16.3. The van der Waals surface area contributed by atoms with Gasteiger partial charge in [0, 0.05) is 10.9 Å². The highest BCUT2D eigenvalue weighted by atomic mass is 32.1. The maximum Gasteiger partial charge on any atom is 0.358 e. The molecule has 0 saturated carbocycles. The molecule has 3 aromatic rings. The summed E-state index contributed by atoms with van der Waals surface area (Å²) in [7, 11) is 0. The van der Waals surface area contributed by atoms with Crippen molar-refractivity contribution in [3.8, 4) is 10.6 Å². The summed E-state index contributed by atoms with van der Waals surface area (Å²) < 4.78 is 5.39. The van der Waals surface area contributed by atoms with Crippen molar-refractivity contribution in [2.45, 2.75) is 33.3 Å². The maximum atomic E-state index is 12.2. The molecule has 0 aliphatic carbocycles. The molecule has 4 heteroatoms. The first kappa shape index (κ1) is 17.4. The number of aryl methyl sites for hydroxylation is 1. The molecule has 0 bridgehead atoms. The minimum Gasteiger partial charge on any atom is -0.456 e. The molecule has 0 spiro atoms. The van der Waals surface area contributed by atoms with Gasteiger partial charge in [-0.2, -0.15) is 0 Å². The fourth-order valence-electron chi connectivity index (χ4n) is 2.42.